The Balaban J connectivity index is 2.13. The molecule has 0 aromatic carbocycles. The Morgan fingerprint density at radius 2 is 1.74 bits per heavy atom. The average Bonchev–Trinajstić information content (AvgIpc) is 2.55. The molecular weight excluding hydrogens is 260 g/mol. The summed E-state index contributed by atoms with van der Waals surface area (Å²) in [4.78, 5) is 8.80. The minimum atomic E-state index is -0.119. The molecule has 4 heteroatoms. The Kier molecular flexibility index (Phi) is 4.67. The third-order valence-corrected chi connectivity index (χ3v) is 3.63. The van der Waals surface area contributed by atoms with E-state index in [4.69, 9.17) is 16.3 Å². The predicted molar refractivity (Wildman–Crippen MR) is 77.9 cm³/mol. The van der Waals surface area contributed by atoms with Gasteiger partial charge in [-0.1, -0.05) is 45.2 Å². The first-order valence-electron chi connectivity index (χ1n) is 7.17. The lowest BCUT2D eigenvalue weighted by molar-refractivity contribution is 0.175. The number of ether oxygens (including phenoxy) is 1. The fourth-order valence-electron chi connectivity index (χ4n) is 2.32. The van der Waals surface area contributed by atoms with Gasteiger partial charge in [-0.25, -0.2) is 4.98 Å². The van der Waals surface area contributed by atoms with E-state index in [9.17, 15) is 0 Å². The number of rotatable bonds is 2. The van der Waals surface area contributed by atoms with Gasteiger partial charge in [-0.2, -0.15) is 4.98 Å². The van der Waals surface area contributed by atoms with Crippen molar-refractivity contribution in [2.75, 3.05) is 0 Å². The summed E-state index contributed by atoms with van der Waals surface area (Å²) in [5.41, 5.74) is -0.119. The first kappa shape index (κ1) is 14.6. The third kappa shape index (κ3) is 4.34. The molecule has 1 saturated carbocycles. The van der Waals surface area contributed by atoms with Gasteiger partial charge in [0.05, 0.1) is 0 Å². The van der Waals surface area contributed by atoms with Gasteiger partial charge in [-0.3, -0.25) is 0 Å². The van der Waals surface area contributed by atoms with Gasteiger partial charge in [0, 0.05) is 11.5 Å². The summed E-state index contributed by atoms with van der Waals surface area (Å²) in [6, 6.07) is 1.72. The van der Waals surface area contributed by atoms with E-state index in [2.05, 4.69) is 30.7 Å². The molecule has 19 heavy (non-hydrogen) atoms. The SMILES string of the molecule is CC(C)(C)c1nc(Cl)cc(OC2CCCCCC2)n1. The lowest BCUT2D eigenvalue weighted by Gasteiger charge is -2.20. The average molecular weight is 283 g/mol. The molecule has 0 spiro atoms. The van der Waals surface area contributed by atoms with Crippen LogP contribution in [0, 0.1) is 0 Å². The number of hydrogen-bond acceptors (Lipinski definition) is 3. The molecule has 1 aliphatic carbocycles. The molecule has 1 fully saturated rings. The van der Waals surface area contributed by atoms with E-state index >= 15 is 0 Å². The third-order valence-electron chi connectivity index (χ3n) is 3.43. The normalized spacial score (nSPS) is 18.1. The topological polar surface area (TPSA) is 35.0 Å². The summed E-state index contributed by atoms with van der Waals surface area (Å²) < 4.78 is 6.02. The second-order valence-corrected chi connectivity index (χ2v) is 6.72. The summed E-state index contributed by atoms with van der Waals surface area (Å²) in [7, 11) is 0. The van der Waals surface area contributed by atoms with Crippen molar-refractivity contribution in [3.63, 3.8) is 0 Å². The molecule has 0 radical (unpaired) electrons. The van der Waals surface area contributed by atoms with Gasteiger partial charge in [0.15, 0.2) is 0 Å². The second-order valence-electron chi connectivity index (χ2n) is 6.33. The molecule has 2 rings (SSSR count). The molecule has 0 unspecified atom stereocenters. The van der Waals surface area contributed by atoms with Crippen molar-refractivity contribution in [2.45, 2.75) is 70.8 Å². The Hall–Kier alpha value is -0.830. The Bertz CT molecular complexity index is 421. The highest BCUT2D eigenvalue weighted by molar-refractivity contribution is 6.29. The zero-order chi connectivity index (χ0) is 13.9. The molecule has 106 valence electrons. The number of aromatic nitrogens is 2. The summed E-state index contributed by atoms with van der Waals surface area (Å²) in [5, 5.41) is 0.462. The second kappa shape index (κ2) is 6.08. The summed E-state index contributed by atoms with van der Waals surface area (Å²) in [6.07, 6.45) is 7.64. The standard InChI is InChI=1S/C15H23ClN2O/c1-15(2,3)14-17-12(16)10-13(18-14)19-11-8-6-4-5-7-9-11/h10-11H,4-9H2,1-3H3. The van der Waals surface area contributed by atoms with Gasteiger partial charge in [-0.15, -0.1) is 0 Å². The van der Waals surface area contributed by atoms with Gasteiger partial charge in [0.25, 0.3) is 0 Å². The van der Waals surface area contributed by atoms with Crippen molar-refractivity contribution < 1.29 is 4.74 Å². The Morgan fingerprint density at radius 3 is 2.32 bits per heavy atom. The molecule has 0 aliphatic heterocycles. The first-order valence-corrected chi connectivity index (χ1v) is 7.55. The summed E-state index contributed by atoms with van der Waals surface area (Å²) in [6.45, 7) is 6.23. The van der Waals surface area contributed by atoms with E-state index in [0.717, 1.165) is 18.7 Å². The highest BCUT2D eigenvalue weighted by Crippen LogP contribution is 2.26. The minimum Gasteiger partial charge on any atom is -0.474 e. The number of hydrogen-bond donors (Lipinski definition) is 0. The quantitative estimate of drug-likeness (QED) is 0.590. The van der Waals surface area contributed by atoms with Gasteiger partial charge in [0.1, 0.15) is 17.1 Å². The largest absolute Gasteiger partial charge is 0.474 e. The van der Waals surface area contributed by atoms with E-state index in [-0.39, 0.29) is 11.5 Å². The van der Waals surface area contributed by atoms with E-state index in [0.29, 0.717) is 11.0 Å². The van der Waals surface area contributed by atoms with E-state index in [1.807, 2.05) is 0 Å². The van der Waals surface area contributed by atoms with Crippen LogP contribution in [0.4, 0.5) is 0 Å². The molecule has 1 heterocycles. The van der Waals surface area contributed by atoms with Crippen molar-refractivity contribution in [1.29, 1.82) is 0 Å². The van der Waals surface area contributed by atoms with Crippen LogP contribution >= 0.6 is 11.6 Å². The van der Waals surface area contributed by atoms with E-state index in [1.54, 1.807) is 6.07 Å². The van der Waals surface area contributed by atoms with Crippen molar-refractivity contribution >= 4 is 11.6 Å². The van der Waals surface area contributed by atoms with Crippen molar-refractivity contribution in [1.82, 2.24) is 9.97 Å². The van der Waals surface area contributed by atoms with Crippen LogP contribution in [0.3, 0.4) is 0 Å². The van der Waals surface area contributed by atoms with Crippen LogP contribution in [0.1, 0.15) is 65.1 Å². The highest BCUT2D eigenvalue weighted by atomic mass is 35.5. The molecule has 0 saturated heterocycles. The van der Waals surface area contributed by atoms with E-state index in [1.165, 1.54) is 25.7 Å². The maximum atomic E-state index is 6.07. The molecule has 1 aliphatic rings. The fourth-order valence-corrected chi connectivity index (χ4v) is 2.50. The smallest absolute Gasteiger partial charge is 0.218 e. The monoisotopic (exact) mass is 282 g/mol. The van der Waals surface area contributed by atoms with Crippen molar-refractivity contribution in [3.05, 3.63) is 17.0 Å². The number of nitrogens with zero attached hydrogens (tertiary/aromatic N) is 2. The van der Waals surface area contributed by atoms with Crippen LogP contribution in [0.5, 0.6) is 5.88 Å². The van der Waals surface area contributed by atoms with Crippen molar-refractivity contribution in [3.8, 4) is 5.88 Å². The van der Waals surface area contributed by atoms with Crippen LogP contribution in [-0.2, 0) is 5.41 Å². The predicted octanol–water partition coefficient (Wildman–Crippen LogP) is 4.53. The van der Waals surface area contributed by atoms with Gasteiger partial charge >= 0.3 is 0 Å². The zero-order valence-corrected chi connectivity index (χ0v) is 12.8. The maximum Gasteiger partial charge on any atom is 0.218 e. The van der Waals surface area contributed by atoms with Gasteiger partial charge in [-0.05, 0) is 25.7 Å². The fraction of sp³-hybridized carbons (Fsp3) is 0.733. The summed E-state index contributed by atoms with van der Waals surface area (Å²) >= 11 is 6.07. The van der Waals surface area contributed by atoms with Crippen LogP contribution in [0.15, 0.2) is 6.07 Å². The highest BCUT2D eigenvalue weighted by Gasteiger charge is 2.21. The van der Waals surface area contributed by atoms with Crippen LogP contribution in [0.25, 0.3) is 0 Å². The molecule has 0 bridgehead atoms. The zero-order valence-electron chi connectivity index (χ0n) is 12.1. The van der Waals surface area contributed by atoms with Gasteiger partial charge < -0.3 is 4.74 Å². The lowest BCUT2D eigenvalue weighted by atomic mass is 9.96. The molecule has 3 nitrogen and oxygen atoms in total. The molecule has 0 atom stereocenters. The molecule has 0 N–H and O–H groups in total. The molecule has 1 aromatic heterocycles. The summed E-state index contributed by atoms with van der Waals surface area (Å²) in [5.74, 6) is 1.36. The van der Waals surface area contributed by atoms with Gasteiger partial charge in [0.2, 0.25) is 5.88 Å². The Labute approximate surface area is 120 Å². The van der Waals surface area contributed by atoms with Crippen LogP contribution in [-0.4, -0.2) is 16.1 Å². The van der Waals surface area contributed by atoms with Crippen molar-refractivity contribution in [2.24, 2.45) is 0 Å². The molecular formula is C15H23ClN2O. The Morgan fingerprint density at radius 1 is 1.11 bits per heavy atom. The first-order chi connectivity index (χ1) is 8.95. The van der Waals surface area contributed by atoms with Crippen LogP contribution < -0.4 is 4.74 Å². The number of halogens is 1. The lowest BCUT2D eigenvalue weighted by Crippen LogP contribution is -2.20. The van der Waals surface area contributed by atoms with Crippen LogP contribution in [0.2, 0.25) is 5.15 Å². The van der Waals surface area contributed by atoms with E-state index < -0.39 is 0 Å². The minimum absolute atomic E-state index is 0.119. The molecule has 1 aromatic rings. The maximum absolute atomic E-state index is 6.07. The molecule has 0 amide bonds.